The van der Waals surface area contributed by atoms with Gasteiger partial charge in [-0.15, -0.1) is 0 Å². The summed E-state index contributed by atoms with van der Waals surface area (Å²) < 4.78 is 9.75. The summed E-state index contributed by atoms with van der Waals surface area (Å²) in [7, 11) is 0. The van der Waals surface area contributed by atoms with Crippen molar-refractivity contribution in [3.05, 3.63) is 60.8 Å². The van der Waals surface area contributed by atoms with Gasteiger partial charge in [0, 0.05) is 24.8 Å². The van der Waals surface area contributed by atoms with Crippen molar-refractivity contribution < 1.29 is 19.3 Å². The normalized spacial score (nSPS) is 43.0. The Morgan fingerprint density at radius 2 is 1.14 bits per heavy atom. The Kier molecular flexibility index (Phi) is 8.98. The minimum atomic E-state index is -0.263. The summed E-state index contributed by atoms with van der Waals surface area (Å²) >= 11 is 0. The molecular formula is C40H63O4+. The van der Waals surface area contributed by atoms with Crippen LogP contribution in [-0.2, 0) is 9.10 Å². The van der Waals surface area contributed by atoms with Crippen molar-refractivity contribution in [1.82, 2.24) is 0 Å². The van der Waals surface area contributed by atoms with Crippen molar-refractivity contribution in [3.8, 4) is 0 Å². The zero-order chi connectivity index (χ0) is 32.3. The van der Waals surface area contributed by atoms with Crippen LogP contribution in [0.4, 0.5) is 0 Å². The molecule has 0 unspecified atom stereocenters. The molecule has 0 spiro atoms. The first kappa shape index (κ1) is 33.9. The summed E-state index contributed by atoms with van der Waals surface area (Å²) in [6.07, 6.45) is 30.1. The second-order valence-electron chi connectivity index (χ2n) is 17.2. The first-order valence-electron chi connectivity index (χ1n) is 17.6. The molecule has 4 heteroatoms. The van der Waals surface area contributed by atoms with Gasteiger partial charge in [-0.2, -0.15) is 0 Å². The molecular weight excluding hydrogens is 544 g/mol. The van der Waals surface area contributed by atoms with Gasteiger partial charge in [-0.05, 0) is 69.1 Å². The molecule has 0 bridgehead atoms. The van der Waals surface area contributed by atoms with Crippen LogP contribution in [0.3, 0.4) is 0 Å². The lowest BCUT2D eigenvalue weighted by Crippen LogP contribution is -2.57. The third-order valence-electron chi connectivity index (χ3n) is 12.3. The van der Waals surface area contributed by atoms with E-state index in [9.17, 15) is 10.2 Å². The first-order chi connectivity index (χ1) is 20.5. The summed E-state index contributed by atoms with van der Waals surface area (Å²) in [5.41, 5.74) is -0.231. The molecule has 1 aliphatic carbocycles. The van der Waals surface area contributed by atoms with Crippen LogP contribution in [0.1, 0.15) is 114 Å². The van der Waals surface area contributed by atoms with Gasteiger partial charge in [0.15, 0.2) is 0 Å². The van der Waals surface area contributed by atoms with Gasteiger partial charge < -0.3 is 19.3 Å². The SMILES string of the molecule is C[C@H](/C=C/C[C@@H](C)/C=C/[C@@]12O[C@]1(C)C[C@@H](O)CC2(C)C)C/C=C/C[C@H](C)/C=C/C[C@@H](C)/C=C/[C@]12[O+]3[C@H]([C@@H](O)CC1(C)C)[C@@]32C. The predicted octanol–water partition coefficient (Wildman–Crippen LogP) is 8.82. The van der Waals surface area contributed by atoms with Gasteiger partial charge >= 0.3 is 5.60 Å². The third-order valence-corrected chi connectivity index (χ3v) is 12.3. The van der Waals surface area contributed by atoms with Gasteiger partial charge in [0.05, 0.1) is 11.5 Å². The molecule has 5 rings (SSSR count). The summed E-state index contributed by atoms with van der Waals surface area (Å²) in [5, 5.41) is 20.7. The van der Waals surface area contributed by atoms with Gasteiger partial charge in [0.2, 0.25) is 0 Å². The maximum atomic E-state index is 10.4. The number of hydrogen-bond donors (Lipinski definition) is 2. The van der Waals surface area contributed by atoms with E-state index in [4.69, 9.17) is 4.74 Å². The van der Waals surface area contributed by atoms with E-state index in [1.54, 1.807) is 0 Å². The molecule has 4 heterocycles. The van der Waals surface area contributed by atoms with Crippen molar-refractivity contribution >= 4 is 0 Å². The zero-order valence-corrected chi connectivity index (χ0v) is 29.5. The van der Waals surface area contributed by atoms with Crippen LogP contribution >= 0.6 is 0 Å². The van der Waals surface area contributed by atoms with Crippen LogP contribution in [0.5, 0.6) is 0 Å². The van der Waals surface area contributed by atoms with Gasteiger partial charge in [0.25, 0.3) is 11.7 Å². The highest BCUT2D eigenvalue weighted by Gasteiger charge is 3.10. The molecule has 11 atom stereocenters. The number of epoxide rings is 3. The average molecular weight is 608 g/mol. The number of rotatable bonds is 14. The van der Waals surface area contributed by atoms with Crippen LogP contribution in [0.25, 0.3) is 0 Å². The number of aliphatic hydroxyl groups is 2. The van der Waals surface area contributed by atoms with Crippen molar-refractivity contribution in [1.29, 1.82) is 0 Å². The van der Waals surface area contributed by atoms with Crippen LogP contribution in [0, 0.1) is 34.5 Å². The molecule has 5 aliphatic rings. The van der Waals surface area contributed by atoms with Crippen molar-refractivity contribution in [2.75, 3.05) is 0 Å². The van der Waals surface area contributed by atoms with Gasteiger partial charge in [-0.1, -0.05) is 110 Å². The van der Waals surface area contributed by atoms with Gasteiger partial charge in [-0.25, -0.2) is 0 Å². The molecule has 5 fully saturated rings. The quantitative estimate of drug-likeness (QED) is 0.118. The van der Waals surface area contributed by atoms with Crippen molar-refractivity contribution in [2.24, 2.45) is 34.5 Å². The molecule has 4 saturated heterocycles. The molecule has 0 aromatic heterocycles. The molecule has 4 aliphatic heterocycles. The highest BCUT2D eigenvalue weighted by atomic mass is 16.9. The molecule has 0 amide bonds. The van der Waals surface area contributed by atoms with Crippen LogP contribution < -0.4 is 0 Å². The van der Waals surface area contributed by atoms with E-state index in [1.807, 2.05) is 0 Å². The number of hydrogen-bond acceptors (Lipinski definition) is 3. The molecule has 44 heavy (non-hydrogen) atoms. The summed E-state index contributed by atoms with van der Waals surface area (Å²) in [5.74, 6) is 2.06. The Morgan fingerprint density at radius 1 is 0.659 bits per heavy atom. The Bertz CT molecular complexity index is 1150. The molecule has 2 N–H and O–H groups in total. The molecule has 0 radical (unpaired) electrons. The lowest BCUT2D eigenvalue weighted by molar-refractivity contribution is -0.112. The van der Waals surface area contributed by atoms with Crippen LogP contribution in [0.2, 0.25) is 0 Å². The standard InChI is InChI=1S/C40H63O4/c1-28(17-13-19-30(3)21-23-39-35(5,6)25-32(41)26-37(39,9)43-39)15-11-12-16-29(2)18-14-20-31(4)22-24-40-36(7,8)27-33(42)34-38(40,10)44(34)40/h11-14,17-18,21-24,28-34,41-42H,15-16,19-20,25-27H2,1-10H3/q+1/b12-11+,17-13+,18-14+,23-21+,24-22+/t28-,29-,30+,31+,32-,33-,34+,37+,38+,39-,40-/m0/s1. The fraction of sp³-hybridized carbons (Fsp3) is 0.750. The monoisotopic (exact) mass is 607 g/mol. The number of fused-ring (bicyclic) bond motifs is 3. The third kappa shape index (κ3) is 5.58. The lowest BCUT2D eigenvalue weighted by atomic mass is 9.61. The zero-order valence-electron chi connectivity index (χ0n) is 29.5. The average Bonchev–Trinajstić information content (AvgIpc) is 3.82. The van der Waals surface area contributed by atoms with E-state index in [1.165, 1.54) is 0 Å². The van der Waals surface area contributed by atoms with Crippen LogP contribution in [0.15, 0.2) is 60.8 Å². The Balaban J connectivity index is 0.972. The van der Waals surface area contributed by atoms with Crippen molar-refractivity contribution in [3.63, 3.8) is 0 Å². The molecule has 4 nitrogen and oxygen atoms in total. The second-order valence-corrected chi connectivity index (χ2v) is 17.2. The minimum absolute atomic E-state index is 0.0504. The highest BCUT2D eigenvalue weighted by molar-refractivity contribution is 5.49. The topological polar surface area (TPSA) is 55.7 Å². The fourth-order valence-corrected chi connectivity index (χ4v) is 9.62. The van der Waals surface area contributed by atoms with E-state index in [0.29, 0.717) is 29.8 Å². The summed E-state index contributed by atoms with van der Waals surface area (Å²) in [6, 6.07) is 0. The number of ether oxygens (including phenoxy) is 1. The summed E-state index contributed by atoms with van der Waals surface area (Å²) in [4.78, 5) is 0. The van der Waals surface area contributed by atoms with Crippen LogP contribution in [-0.4, -0.2) is 50.9 Å². The fourth-order valence-electron chi connectivity index (χ4n) is 9.62. The Hall–Kier alpha value is -1.46. The smallest absolute Gasteiger partial charge is 0.317 e. The number of aliphatic hydroxyl groups excluding tert-OH is 2. The summed E-state index contributed by atoms with van der Waals surface area (Å²) in [6.45, 7) is 22.7. The second kappa shape index (κ2) is 11.7. The highest BCUT2D eigenvalue weighted by Crippen LogP contribution is 2.86. The first-order valence-corrected chi connectivity index (χ1v) is 17.6. The van der Waals surface area contributed by atoms with E-state index < -0.39 is 0 Å². The number of allylic oxidation sites excluding steroid dienone is 8. The molecule has 0 aromatic rings. The van der Waals surface area contributed by atoms with E-state index in [0.717, 1.165) is 44.9 Å². The Morgan fingerprint density at radius 3 is 1.64 bits per heavy atom. The van der Waals surface area contributed by atoms with Crippen molar-refractivity contribution in [2.45, 2.75) is 155 Å². The maximum absolute atomic E-state index is 10.4. The van der Waals surface area contributed by atoms with Gasteiger partial charge in [0.1, 0.15) is 17.3 Å². The maximum Gasteiger partial charge on any atom is 0.317 e. The van der Waals surface area contributed by atoms with Gasteiger partial charge in [-0.3, -0.25) is 0 Å². The minimum Gasteiger partial charge on any atom is -0.393 e. The molecule has 246 valence electrons. The largest absolute Gasteiger partial charge is 0.393 e. The van der Waals surface area contributed by atoms with E-state index in [-0.39, 0.29) is 45.4 Å². The Labute approximate surface area is 269 Å². The van der Waals surface area contributed by atoms with E-state index >= 15 is 0 Å². The van der Waals surface area contributed by atoms with E-state index in [2.05, 4.69) is 134 Å². The molecule has 0 aromatic carbocycles. The molecule has 1 saturated carbocycles. The predicted molar refractivity (Wildman–Crippen MR) is 182 cm³/mol. The lowest BCUT2D eigenvalue weighted by Gasteiger charge is -2.39.